The molecule has 2 fully saturated rings. The van der Waals surface area contributed by atoms with Gasteiger partial charge in [-0.15, -0.1) is 21.5 Å². The number of rotatable bonds is 3. The zero-order valence-corrected chi connectivity index (χ0v) is 15.7. The third-order valence-corrected chi connectivity index (χ3v) is 6.77. The van der Waals surface area contributed by atoms with Gasteiger partial charge in [0.05, 0.1) is 0 Å². The molecule has 1 unspecified atom stereocenters. The summed E-state index contributed by atoms with van der Waals surface area (Å²) in [5.74, 6) is 0.983. The molecule has 2 aromatic rings. The van der Waals surface area contributed by atoms with E-state index in [0.29, 0.717) is 22.4 Å². The summed E-state index contributed by atoms with van der Waals surface area (Å²) in [6, 6.07) is 7.20. The Morgan fingerprint density at radius 1 is 1.08 bits per heavy atom. The summed E-state index contributed by atoms with van der Waals surface area (Å²) in [6.45, 7) is 1.53. The molecule has 1 aromatic heterocycles. The van der Waals surface area contributed by atoms with Crippen molar-refractivity contribution in [3.63, 3.8) is 0 Å². The van der Waals surface area contributed by atoms with Crippen LogP contribution in [0.25, 0.3) is 0 Å². The fourth-order valence-electron chi connectivity index (χ4n) is 3.92. The number of piperidine rings is 1. The molecule has 0 radical (unpaired) electrons. The van der Waals surface area contributed by atoms with Crippen LogP contribution >= 0.6 is 22.9 Å². The number of aromatic nitrogens is 2. The van der Waals surface area contributed by atoms with Crippen molar-refractivity contribution in [2.45, 2.75) is 50.4 Å². The molecular formula is C19H22ClN3OS. The fourth-order valence-corrected chi connectivity index (χ4v) is 5.25. The third-order valence-electron chi connectivity index (χ3n) is 5.29. The number of halogens is 1. The summed E-state index contributed by atoms with van der Waals surface area (Å²) in [5, 5.41) is 11.8. The monoisotopic (exact) mass is 375 g/mol. The van der Waals surface area contributed by atoms with Gasteiger partial charge in [0.1, 0.15) is 10.0 Å². The number of likely N-dealkylation sites (tertiary alicyclic amines) is 1. The van der Waals surface area contributed by atoms with Gasteiger partial charge in [0.15, 0.2) is 0 Å². The Labute approximate surface area is 157 Å². The topological polar surface area (TPSA) is 46.1 Å². The highest BCUT2D eigenvalue weighted by Crippen LogP contribution is 2.38. The maximum atomic E-state index is 12.8. The minimum absolute atomic E-state index is 0.0627. The number of carbonyl (C=O) groups is 1. The second-order valence-electron chi connectivity index (χ2n) is 7.06. The molecule has 0 bridgehead atoms. The van der Waals surface area contributed by atoms with Crippen LogP contribution in [0.1, 0.15) is 70.7 Å². The summed E-state index contributed by atoms with van der Waals surface area (Å²) in [7, 11) is 0. The number of hydrogen-bond acceptors (Lipinski definition) is 4. The first kappa shape index (κ1) is 17.0. The van der Waals surface area contributed by atoms with Crippen molar-refractivity contribution >= 4 is 28.8 Å². The maximum Gasteiger partial charge on any atom is 0.253 e. The van der Waals surface area contributed by atoms with Gasteiger partial charge in [-0.1, -0.05) is 30.5 Å². The van der Waals surface area contributed by atoms with Crippen LogP contribution in [0.15, 0.2) is 24.3 Å². The van der Waals surface area contributed by atoms with Gasteiger partial charge < -0.3 is 4.90 Å². The minimum atomic E-state index is 0.0627. The van der Waals surface area contributed by atoms with E-state index < -0.39 is 0 Å². The minimum Gasteiger partial charge on any atom is -0.338 e. The molecule has 1 aliphatic carbocycles. The number of carbonyl (C=O) groups excluding carboxylic acids is 1. The zero-order chi connectivity index (χ0) is 17.2. The highest BCUT2D eigenvalue weighted by Gasteiger charge is 2.29. The number of nitrogens with zero attached hydrogens (tertiary/aromatic N) is 3. The molecule has 0 N–H and O–H groups in total. The van der Waals surface area contributed by atoms with Crippen LogP contribution in [0, 0.1) is 0 Å². The molecule has 4 nitrogen and oxygen atoms in total. The highest BCUT2D eigenvalue weighted by molar-refractivity contribution is 7.11. The van der Waals surface area contributed by atoms with E-state index >= 15 is 0 Å². The number of hydrogen-bond donors (Lipinski definition) is 0. The van der Waals surface area contributed by atoms with Crippen molar-refractivity contribution in [2.24, 2.45) is 0 Å². The van der Waals surface area contributed by atoms with Gasteiger partial charge in [-0.25, -0.2) is 0 Å². The second kappa shape index (κ2) is 7.42. The summed E-state index contributed by atoms with van der Waals surface area (Å²) >= 11 is 7.80. The summed E-state index contributed by atoms with van der Waals surface area (Å²) in [4.78, 5) is 14.7. The molecule has 1 saturated carbocycles. The van der Waals surface area contributed by atoms with E-state index in [0.717, 1.165) is 30.9 Å². The van der Waals surface area contributed by atoms with Gasteiger partial charge in [-0.3, -0.25) is 4.79 Å². The lowest BCUT2D eigenvalue weighted by Gasteiger charge is -2.31. The lowest BCUT2D eigenvalue weighted by Crippen LogP contribution is -2.39. The van der Waals surface area contributed by atoms with Gasteiger partial charge in [0.25, 0.3) is 5.91 Å². The van der Waals surface area contributed by atoms with Crippen LogP contribution in [0.2, 0.25) is 5.02 Å². The maximum absolute atomic E-state index is 12.8. The predicted molar refractivity (Wildman–Crippen MR) is 100 cm³/mol. The average molecular weight is 376 g/mol. The van der Waals surface area contributed by atoms with Crippen molar-refractivity contribution in [1.82, 2.24) is 15.1 Å². The van der Waals surface area contributed by atoms with Gasteiger partial charge in [0, 0.05) is 35.5 Å². The van der Waals surface area contributed by atoms with E-state index in [1.165, 1.54) is 30.7 Å². The Morgan fingerprint density at radius 2 is 1.80 bits per heavy atom. The van der Waals surface area contributed by atoms with Crippen molar-refractivity contribution in [3.05, 3.63) is 44.9 Å². The molecular weight excluding hydrogens is 354 g/mol. The second-order valence-corrected chi connectivity index (χ2v) is 8.54. The van der Waals surface area contributed by atoms with E-state index in [1.807, 2.05) is 17.0 Å². The SMILES string of the molecule is O=C(c1cccc(Cl)c1)N1CCCC(c2nnc(C3CCCC3)s2)C1. The van der Waals surface area contributed by atoms with Crippen LogP contribution in [0.5, 0.6) is 0 Å². The standard InChI is InChI=1S/C19H22ClN3OS/c20-16-9-3-7-14(11-16)19(24)23-10-4-8-15(12-23)18-22-21-17(25-18)13-5-1-2-6-13/h3,7,9,11,13,15H,1-2,4-6,8,10,12H2. The van der Waals surface area contributed by atoms with Crippen LogP contribution in [-0.2, 0) is 0 Å². The van der Waals surface area contributed by atoms with E-state index in [-0.39, 0.29) is 5.91 Å². The first-order valence-corrected chi connectivity index (χ1v) is 10.3. The average Bonchev–Trinajstić information content (AvgIpc) is 3.32. The van der Waals surface area contributed by atoms with Crippen LogP contribution in [-0.4, -0.2) is 34.1 Å². The molecule has 2 heterocycles. The number of amides is 1. The van der Waals surface area contributed by atoms with E-state index in [2.05, 4.69) is 10.2 Å². The van der Waals surface area contributed by atoms with Gasteiger partial charge in [-0.05, 0) is 43.9 Å². The van der Waals surface area contributed by atoms with Gasteiger partial charge >= 0.3 is 0 Å². The molecule has 1 amide bonds. The molecule has 2 aliphatic rings. The fraction of sp³-hybridized carbons (Fsp3) is 0.526. The zero-order valence-electron chi connectivity index (χ0n) is 14.2. The molecule has 1 aliphatic heterocycles. The Kier molecular flexibility index (Phi) is 5.04. The van der Waals surface area contributed by atoms with Crippen molar-refractivity contribution in [1.29, 1.82) is 0 Å². The van der Waals surface area contributed by atoms with Gasteiger partial charge in [-0.2, -0.15) is 0 Å². The lowest BCUT2D eigenvalue weighted by atomic mass is 9.98. The summed E-state index contributed by atoms with van der Waals surface area (Å²) in [5.41, 5.74) is 0.664. The Balaban J connectivity index is 1.46. The Hall–Kier alpha value is -1.46. The Morgan fingerprint density at radius 3 is 2.56 bits per heavy atom. The molecule has 1 saturated heterocycles. The normalized spacial score (nSPS) is 21.6. The molecule has 25 heavy (non-hydrogen) atoms. The molecule has 0 spiro atoms. The number of benzene rings is 1. The van der Waals surface area contributed by atoms with Crippen molar-refractivity contribution in [2.75, 3.05) is 13.1 Å². The smallest absolute Gasteiger partial charge is 0.253 e. The molecule has 1 atom stereocenters. The van der Waals surface area contributed by atoms with Crippen LogP contribution in [0.4, 0.5) is 0 Å². The van der Waals surface area contributed by atoms with Crippen LogP contribution < -0.4 is 0 Å². The quantitative estimate of drug-likeness (QED) is 0.768. The van der Waals surface area contributed by atoms with Crippen LogP contribution in [0.3, 0.4) is 0 Å². The first-order valence-electron chi connectivity index (χ1n) is 9.09. The summed E-state index contributed by atoms with van der Waals surface area (Å²) in [6.07, 6.45) is 7.21. The molecule has 4 rings (SSSR count). The first-order chi connectivity index (χ1) is 12.2. The van der Waals surface area contributed by atoms with Crippen molar-refractivity contribution < 1.29 is 4.79 Å². The largest absolute Gasteiger partial charge is 0.338 e. The van der Waals surface area contributed by atoms with E-state index in [4.69, 9.17) is 11.6 Å². The van der Waals surface area contributed by atoms with Gasteiger partial charge in [0.2, 0.25) is 0 Å². The van der Waals surface area contributed by atoms with Crippen molar-refractivity contribution in [3.8, 4) is 0 Å². The molecule has 132 valence electrons. The third kappa shape index (κ3) is 3.72. The lowest BCUT2D eigenvalue weighted by molar-refractivity contribution is 0.0707. The molecule has 1 aromatic carbocycles. The predicted octanol–water partition coefficient (Wildman–Crippen LogP) is 4.87. The van der Waals surface area contributed by atoms with E-state index in [9.17, 15) is 4.79 Å². The molecule has 6 heteroatoms. The Bertz CT molecular complexity index is 757. The van der Waals surface area contributed by atoms with E-state index in [1.54, 1.807) is 23.5 Å². The highest BCUT2D eigenvalue weighted by atomic mass is 35.5. The summed E-state index contributed by atoms with van der Waals surface area (Å²) < 4.78 is 0.